The molecule has 1 atom stereocenters. The maximum atomic E-state index is 13.5. The molecule has 0 N–H and O–H groups in total. The number of rotatable bonds is 3. The largest absolute Gasteiger partial charge is 0.450 e. The standard InChI is InChI=1S/C26H21NO3/c1-16-8-11-18(12-9-16)15-27-23(19-6-4-3-5-7-19)22-24(28)20-14-17(2)10-13-21(20)30-25(22)26(27)29/h3-14,23H,15H2,1-2H3. The number of hydrogen-bond donors (Lipinski definition) is 0. The maximum Gasteiger partial charge on any atom is 0.291 e. The van der Waals surface area contributed by atoms with Crippen LogP contribution in [0.1, 0.15) is 44.4 Å². The summed E-state index contributed by atoms with van der Waals surface area (Å²) < 4.78 is 6.00. The Hall–Kier alpha value is -3.66. The van der Waals surface area contributed by atoms with E-state index in [9.17, 15) is 9.59 Å². The van der Waals surface area contributed by atoms with Crippen molar-refractivity contribution in [2.24, 2.45) is 0 Å². The molecule has 4 aromatic rings. The van der Waals surface area contributed by atoms with E-state index in [1.54, 1.807) is 11.0 Å². The van der Waals surface area contributed by atoms with Crippen LogP contribution in [0.5, 0.6) is 0 Å². The van der Waals surface area contributed by atoms with Crippen LogP contribution in [-0.4, -0.2) is 10.8 Å². The molecule has 1 aliphatic rings. The van der Waals surface area contributed by atoms with Gasteiger partial charge in [-0.1, -0.05) is 71.8 Å². The first-order chi connectivity index (χ1) is 14.5. The minimum Gasteiger partial charge on any atom is -0.450 e. The lowest BCUT2D eigenvalue weighted by Gasteiger charge is -2.25. The average Bonchev–Trinajstić information content (AvgIpc) is 3.03. The molecule has 2 heterocycles. The summed E-state index contributed by atoms with van der Waals surface area (Å²) in [5.74, 6) is -0.101. The van der Waals surface area contributed by atoms with Crippen molar-refractivity contribution in [3.63, 3.8) is 0 Å². The molecule has 1 unspecified atom stereocenters. The van der Waals surface area contributed by atoms with E-state index in [0.29, 0.717) is 23.1 Å². The summed E-state index contributed by atoms with van der Waals surface area (Å²) in [6.07, 6.45) is 0. The zero-order chi connectivity index (χ0) is 20.8. The van der Waals surface area contributed by atoms with Crippen LogP contribution in [0.15, 0.2) is 82.0 Å². The quantitative estimate of drug-likeness (QED) is 0.482. The van der Waals surface area contributed by atoms with Gasteiger partial charge in [-0.2, -0.15) is 0 Å². The molecule has 0 fully saturated rings. The van der Waals surface area contributed by atoms with Crippen LogP contribution < -0.4 is 5.43 Å². The molecule has 0 bridgehead atoms. The molecule has 30 heavy (non-hydrogen) atoms. The minimum absolute atomic E-state index is 0.136. The smallest absolute Gasteiger partial charge is 0.291 e. The van der Waals surface area contributed by atoms with Gasteiger partial charge in [-0.25, -0.2) is 0 Å². The van der Waals surface area contributed by atoms with E-state index in [4.69, 9.17) is 4.42 Å². The summed E-state index contributed by atoms with van der Waals surface area (Å²) in [7, 11) is 0. The summed E-state index contributed by atoms with van der Waals surface area (Å²) >= 11 is 0. The lowest BCUT2D eigenvalue weighted by atomic mass is 9.98. The van der Waals surface area contributed by atoms with Gasteiger partial charge >= 0.3 is 0 Å². The van der Waals surface area contributed by atoms with Gasteiger partial charge in [0, 0.05) is 6.54 Å². The first kappa shape index (κ1) is 18.4. The summed E-state index contributed by atoms with van der Waals surface area (Å²) in [6, 6.07) is 22.8. The molecule has 0 saturated heterocycles. The van der Waals surface area contributed by atoms with Gasteiger partial charge in [0.25, 0.3) is 5.91 Å². The summed E-state index contributed by atoms with van der Waals surface area (Å²) in [5, 5.41) is 0.514. The van der Waals surface area contributed by atoms with E-state index < -0.39 is 6.04 Å². The Balaban J connectivity index is 1.72. The zero-order valence-corrected chi connectivity index (χ0v) is 16.9. The summed E-state index contributed by atoms with van der Waals surface area (Å²) in [6.45, 7) is 4.37. The van der Waals surface area contributed by atoms with Crippen molar-refractivity contribution in [3.05, 3.63) is 117 Å². The van der Waals surface area contributed by atoms with Gasteiger partial charge in [0.2, 0.25) is 5.76 Å². The highest BCUT2D eigenvalue weighted by molar-refractivity contribution is 5.99. The number of hydrogen-bond acceptors (Lipinski definition) is 3. The Bertz CT molecular complexity index is 1320. The van der Waals surface area contributed by atoms with Gasteiger partial charge in [0.05, 0.1) is 17.0 Å². The van der Waals surface area contributed by atoms with Gasteiger partial charge < -0.3 is 9.32 Å². The Labute approximate surface area is 174 Å². The Morgan fingerprint density at radius 3 is 2.30 bits per heavy atom. The van der Waals surface area contributed by atoms with E-state index in [1.165, 1.54) is 0 Å². The molecule has 5 rings (SSSR count). The third-order valence-electron chi connectivity index (χ3n) is 5.71. The Morgan fingerprint density at radius 2 is 1.57 bits per heavy atom. The van der Waals surface area contributed by atoms with E-state index in [-0.39, 0.29) is 17.1 Å². The topological polar surface area (TPSA) is 50.5 Å². The van der Waals surface area contributed by atoms with Crippen molar-refractivity contribution in [1.82, 2.24) is 4.90 Å². The predicted molar refractivity (Wildman–Crippen MR) is 117 cm³/mol. The van der Waals surface area contributed by atoms with Crippen molar-refractivity contribution in [2.75, 3.05) is 0 Å². The number of aryl methyl sites for hydroxylation is 2. The van der Waals surface area contributed by atoms with Gasteiger partial charge in [-0.3, -0.25) is 9.59 Å². The second kappa shape index (κ2) is 6.99. The number of benzene rings is 3. The average molecular weight is 395 g/mol. The van der Waals surface area contributed by atoms with Crippen LogP contribution >= 0.6 is 0 Å². The van der Waals surface area contributed by atoms with Crippen molar-refractivity contribution < 1.29 is 9.21 Å². The number of carbonyl (C=O) groups excluding carboxylic acids is 1. The molecule has 1 aliphatic heterocycles. The molecule has 0 aliphatic carbocycles. The van der Waals surface area contributed by atoms with Crippen LogP contribution in [-0.2, 0) is 6.54 Å². The minimum atomic E-state index is -0.476. The van der Waals surface area contributed by atoms with Gasteiger partial charge in [-0.05, 0) is 37.1 Å². The van der Waals surface area contributed by atoms with Crippen molar-refractivity contribution >= 4 is 16.9 Å². The fourth-order valence-corrected chi connectivity index (χ4v) is 4.17. The second-order valence-electron chi connectivity index (χ2n) is 7.91. The van der Waals surface area contributed by atoms with Crippen molar-refractivity contribution in [2.45, 2.75) is 26.4 Å². The van der Waals surface area contributed by atoms with E-state index in [0.717, 1.165) is 22.3 Å². The number of nitrogens with zero attached hydrogens (tertiary/aromatic N) is 1. The van der Waals surface area contributed by atoms with Crippen LogP contribution in [0.4, 0.5) is 0 Å². The molecule has 0 saturated carbocycles. The highest BCUT2D eigenvalue weighted by atomic mass is 16.3. The predicted octanol–water partition coefficient (Wildman–Crippen LogP) is 5.16. The molecule has 1 amide bonds. The van der Waals surface area contributed by atoms with E-state index in [1.807, 2.05) is 80.6 Å². The van der Waals surface area contributed by atoms with Crippen LogP contribution in [0.25, 0.3) is 11.0 Å². The number of carbonyl (C=O) groups is 1. The van der Waals surface area contributed by atoms with E-state index >= 15 is 0 Å². The molecule has 4 nitrogen and oxygen atoms in total. The van der Waals surface area contributed by atoms with Crippen molar-refractivity contribution in [1.29, 1.82) is 0 Å². The van der Waals surface area contributed by atoms with Crippen LogP contribution in [0, 0.1) is 13.8 Å². The highest BCUT2D eigenvalue weighted by Gasteiger charge is 2.42. The lowest BCUT2D eigenvalue weighted by Crippen LogP contribution is -2.29. The monoisotopic (exact) mass is 395 g/mol. The number of fused-ring (bicyclic) bond motifs is 2. The highest BCUT2D eigenvalue weighted by Crippen LogP contribution is 2.39. The normalized spacial score (nSPS) is 15.6. The molecular weight excluding hydrogens is 374 g/mol. The Kier molecular flexibility index (Phi) is 4.28. The molecule has 1 aromatic heterocycles. The molecule has 0 spiro atoms. The SMILES string of the molecule is Cc1ccc(CN2C(=O)c3oc4ccc(C)cc4c(=O)c3C2c2ccccc2)cc1. The van der Waals surface area contributed by atoms with Gasteiger partial charge in [0.1, 0.15) is 5.58 Å². The van der Waals surface area contributed by atoms with E-state index in [2.05, 4.69) is 0 Å². The first-order valence-electron chi connectivity index (χ1n) is 10.0. The lowest BCUT2D eigenvalue weighted by molar-refractivity contribution is 0.0714. The maximum absolute atomic E-state index is 13.5. The van der Waals surface area contributed by atoms with Crippen LogP contribution in [0.2, 0.25) is 0 Å². The molecule has 4 heteroatoms. The first-order valence-corrected chi connectivity index (χ1v) is 10.0. The van der Waals surface area contributed by atoms with Gasteiger partial charge in [-0.15, -0.1) is 0 Å². The third kappa shape index (κ3) is 2.92. The van der Waals surface area contributed by atoms with Crippen molar-refractivity contribution in [3.8, 4) is 0 Å². The summed E-state index contributed by atoms with van der Waals surface area (Å²) in [5.41, 5.74) is 4.79. The molecule has 0 radical (unpaired) electrons. The van der Waals surface area contributed by atoms with Crippen LogP contribution in [0.3, 0.4) is 0 Å². The molecule has 148 valence electrons. The van der Waals surface area contributed by atoms with Gasteiger partial charge in [0.15, 0.2) is 5.43 Å². The fraction of sp³-hybridized carbons (Fsp3) is 0.154. The molecular formula is C26H21NO3. The zero-order valence-electron chi connectivity index (χ0n) is 16.9. The third-order valence-corrected chi connectivity index (χ3v) is 5.71. The summed E-state index contributed by atoms with van der Waals surface area (Å²) in [4.78, 5) is 28.7. The second-order valence-corrected chi connectivity index (χ2v) is 7.91. The molecule has 3 aromatic carbocycles. The Morgan fingerprint density at radius 1 is 0.867 bits per heavy atom. The fourth-order valence-electron chi connectivity index (χ4n) is 4.17. The number of amides is 1.